The van der Waals surface area contributed by atoms with Crippen molar-refractivity contribution >= 4 is 40.6 Å². The van der Waals surface area contributed by atoms with Crippen molar-refractivity contribution < 1.29 is 14.3 Å². The second-order valence-corrected chi connectivity index (χ2v) is 8.30. The van der Waals surface area contributed by atoms with Crippen LogP contribution in [0.4, 0.5) is 0 Å². The molecule has 0 unspecified atom stereocenters. The van der Waals surface area contributed by atoms with E-state index in [0.29, 0.717) is 39.3 Å². The highest BCUT2D eigenvalue weighted by molar-refractivity contribution is 7.71. The molecule has 0 fully saturated rings. The quantitative estimate of drug-likeness (QED) is 0.385. The number of hydrogen-bond acceptors (Lipinski definition) is 6. The van der Waals surface area contributed by atoms with Crippen LogP contribution < -0.4 is 20.3 Å². The van der Waals surface area contributed by atoms with E-state index in [9.17, 15) is 9.59 Å². The van der Waals surface area contributed by atoms with Gasteiger partial charge >= 0.3 is 0 Å². The molecular weight excluding hydrogens is 476 g/mol. The van der Waals surface area contributed by atoms with Crippen molar-refractivity contribution in [3.05, 3.63) is 85.4 Å². The van der Waals surface area contributed by atoms with Crippen LogP contribution in [-0.4, -0.2) is 34.7 Å². The highest BCUT2D eigenvalue weighted by atomic mass is 35.5. The molecule has 0 spiro atoms. The average molecular weight is 497 g/mol. The molecule has 2 N–H and O–H groups in total. The van der Waals surface area contributed by atoms with Crippen LogP contribution >= 0.6 is 23.8 Å². The third-order valence-corrected chi connectivity index (χ3v) is 5.82. The standard InChI is InChI=1S/C24H21ClN4O4S/c1-13-10-15(21(30)26-12-14-4-6-16(25)7-5-14)11-17-20(13)23(31)29(24(34)27-17)19-9-8-18(32-2)22(28-19)33-3/h4-11H,12H2,1-3H3,(H,26,30)(H,27,34). The lowest BCUT2D eigenvalue weighted by Gasteiger charge is -2.13. The van der Waals surface area contributed by atoms with Gasteiger partial charge in [0.1, 0.15) is 5.82 Å². The zero-order chi connectivity index (χ0) is 24.4. The molecule has 1 amide bonds. The smallest absolute Gasteiger partial charge is 0.268 e. The second-order valence-electron chi connectivity index (χ2n) is 7.48. The number of aryl methyl sites for hydroxylation is 1. The van der Waals surface area contributed by atoms with E-state index in [4.69, 9.17) is 33.3 Å². The number of rotatable bonds is 6. The number of benzene rings is 2. The Labute approximate surface area is 205 Å². The SMILES string of the molecule is COc1ccc(-n2c(=S)[nH]c3cc(C(=O)NCc4ccc(Cl)cc4)cc(C)c3c2=O)nc1OC. The molecule has 8 nitrogen and oxygen atoms in total. The first kappa shape index (κ1) is 23.5. The van der Waals surface area contributed by atoms with E-state index in [-0.39, 0.29) is 27.9 Å². The predicted octanol–water partition coefficient (Wildman–Crippen LogP) is 4.35. The number of amides is 1. The number of halogens is 1. The zero-order valence-corrected chi connectivity index (χ0v) is 20.2. The molecule has 34 heavy (non-hydrogen) atoms. The Balaban J connectivity index is 1.72. The molecule has 174 valence electrons. The van der Waals surface area contributed by atoms with Gasteiger partial charge in [0.15, 0.2) is 10.5 Å². The van der Waals surface area contributed by atoms with E-state index in [0.717, 1.165) is 5.56 Å². The van der Waals surface area contributed by atoms with Crippen LogP contribution in [0.5, 0.6) is 11.6 Å². The van der Waals surface area contributed by atoms with Gasteiger partial charge in [-0.1, -0.05) is 23.7 Å². The van der Waals surface area contributed by atoms with E-state index >= 15 is 0 Å². The van der Waals surface area contributed by atoms with Gasteiger partial charge in [0.25, 0.3) is 17.3 Å². The zero-order valence-electron chi connectivity index (χ0n) is 18.6. The first-order valence-electron chi connectivity index (χ1n) is 10.2. The number of aromatic amines is 1. The van der Waals surface area contributed by atoms with Crippen LogP contribution in [0.25, 0.3) is 16.7 Å². The van der Waals surface area contributed by atoms with Gasteiger partial charge in [0.05, 0.1) is 25.1 Å². The Morgan fingerprint density at radius 2 is 1.88 bits per heavy atom. The second kappa shape index (κ2) is 9.66. The predicted molar refractivity (Wildman–Crippen MR) is 133 cm³/mol. The number of carbonyl (C=O) groups is 1. The number of ether oxygens (including phenoxy) is 2. The lowest BCUT2D eigenvalue weighted by atomic mass is 10.1. The Morgan fingerprint density at radius 3 is 2.56 bits per heavy atom. The van der Waals surface area contributed by atoms with E-state index in [1.165, 1.54) is 18.8 Å². The van der Waals surface area contributed by atoms with Crippen LogP contribution in [0.1, 0.15) is 21.5 Å². The largest absolute Gasteiger partial charge is 0.491 e. The molecule has 2 aromatic heterocycles. The van der Waals surface area contributed by atoms with Gasteiger partial charge in [-0.3, -0.25) is 9.59 Å². The van der Waals surface area contributed by atoms with Crippen molar-refractivity contribution in [3.8, 4) is 17.4 Å². The fraction of sp³-hybridized carbons (Fsp3) is 0.167. The molecule has 0 aliphatic rings. The third-order valence-electron chi connectivity index (χ3n) is 5.28. The van der Waals surface area contributed by atoms with E-state index in [1.54, 1.807) is 43.3 Å². The Kier molecular flexibility index (Phi) is 6.67. The minimum atomic E-state index is -0.357. The number of methoxy groups -OCH3 is 2. The van der Waals surface area contributed by atoms with Gasteiger partial charge in [-0.05, 0) is 66.7 Å². The van der Waals surface area contributed by atoms with Crippen LogP contribution in [0, 0.1) is 11.7 Å². The molecule has 4 rings (SSSR count). The van der Waals surface area contributed by atoms with Crippen LogP contribution in [0.2, 0.25) is 5.02 Å². The number of nitrogens with zero attached hydrogens (tertiary/aromatic N) is 2. The Morgan fingerprint density at radius 1 is 1.15 bits per heavy atom. The Hall–Kier alpha value is -3.69. The minimum Gasteiger partial charge on any atom is -0.491 e. The summed E-state index contributed by atoms with van der Waals surface area (Å²) in [6, 6.07) is 13.8. The third kappa shape index (κ3) is 4.52. The van der Waals surface area contributed by atoms with Crippen molar-refractivity contribution in [3.63, 3.8) is 0 Å². The summed E-state index contributed by atoms with van der Waals surface area (Å²) in [4.78, 5) is 33.6. The van der Waals surface area contributed by atoms with Crippen molar-refractivity contribution in [1.29, 1.82) is 0 Å². The number of H-pyrrole nitrogens is 1. The van der Waals surface area contributed by atoms with Gasteiger partial charge in [0, 0.05) is 17.1 Å². The molecular formula is C24H21ClN4O4S. The van der Waals surface area contributed by atoms with E-state index in [2.05, 4.69) is 15.3 Å². The molecule has 2 aromatic carbocycles. The summed E-state index contributed by atoms with van der Waals surface area (Å²) >= 11 is 11.4. The summed E-state index contributed by atoms with van der Waals surface area (Å²) in [6.07, 6.45) is 0. The number of carbonyl (C=O) groups excluding carboxylic acids is 1. The maximum Gasteiger partial charge on any atom is 0.268 e. The van der Waals surface area contributed by atoms with Gasteiger partial charge in [-0.15, -0.1) is 0 Å². The summed E-state index contributed by atoms with van der Waals surface area (Å²) in [6.45, 7) is 2.11. The van der Waals surface area contributed by atoms with Crippen LogP contribution in [0.15, 0.2) is 53.3 Å². The topological polar surface area (TPSA) is 98.2 Å². The molecule has 4 aromatic rings. The highest BCUT2D eigenvalue weighted by Crippen LogP contribution is 2.25. The highest BCUT2D eigenvalue weighted by Gasteiger charge is 2.16. The lowest BCUT2D eigenvalue weighted by molar-refractivity contribution is 0.0951. The van der Waals surface area contributed by atoms with Gasteiger partial charge in [-0.2, -0.15) is 4.98 Å². The normalized spacial score (nSPS) is 10.8. The van der Waals surface area contributed by atoms with Crippen molar-refractivity contribution in [2.45, 2.75) is 13.5 Å². The molecule has 0 saturated carbocycles. The van der Waals surface area contributed by atoms with Crippen molar-refractivity contribution in [1.82, 2.24) is 19.9 Å². The number of aromatic nitrogens is 3. The number of nitrogens with one attached hydrogen (secondary N) is 2. The first-order valence-corrected chi connectivity index (χ1v) is 11.0. The van der Waals surface area contributed by atoms with Gasteiger partial charge in [0.2, 0.25) is 0 Å². The molecule has 0 radical (unpaired) electrons. The van der Waals surface area contributed by atoms with Crippen LogP contribution in [0.3, 0.4) is 0 Å². The minimum absolute atomic E-state index is 0.135. The molecule has 0 bridgehead atoms. The maximum atomic E-state index is 13.4. The summed E-state index contributed by atoms with van der Waals surface area (Å²) in [5.41, 5.74) is 2.05. The van der Waals surface area contributed by atoms with Crippen LogP contribution in [-0.2, 0) is 6.54 Å². The number of pyridine rings is 1. The van der Waals surface area contributed by atoms with E-state index < -0.39 is 0 Å². The number of fused-ring (bicyclic) bond motifs is 1. The molecule has 10 heteroatoms. The number of hydrogen-bond donors (Lipinski definition) is 2. The fourth-order valence-corrected chi connectivity index (χ4v) is 4.03. The molecule has 0 aliphatic carbocycles. The summed E-state index contributed by atoms with van der Waals surface area (Å²) in [5, 5.41) is 3.91. The van der Waals surface area contributed by atoms with E-state index in [1.807, 2.05) is 12.1 Å². The molecule has 2 heterocycles. The summed E-state index contributed by atoms with van der Waals surface area (Å²) in [7, 11) is 2.96. The fourth-order valence-electron chi connectivity index (χ4n) is 3.61. The van der Waals surface area contributed by atoms with Crippen molar-refractivity contribution in [2.24, 2.45) is 0 Å². The molecule has 0 saturated heterocycles. The van der Waals surface area contributed by atoms with Crippen molar-refractivity contribution in [2.75, 3.05) is 14.2 Å². The Bertz CT molecular complexity index is 1510. The molecule has 0 aliphatic heterocycles. The lowest BCUT2D eigenvalue weighted by Crippen LogP contribution is -2.25. The average Bonchev–Trinajstić information content (AvgIpc) is 2.82. The summed E-state index contributed by atoms with van der Waals surface area (Å²) < 4.78 is 11.9. The van der Waals surface area contributed by atoms with Gasteiger partial charge in [-0.25, -0.2) is 4.57 Å². The summed E-state index contributed by atoms with van der Waals surface area (Å²) in [5.74, 6) is 0.672. The monoisotopic (exact) mass is 496 g/mol. The molecule has 0 atom stereocenters. The van der Waals surface area contributed by atoms with Gasteiger partial charge < -0.3 is 19.8 Å². The maximum absolute atomic E-state index is 13.4. The first-order chi connectivity index (χ1) is 16.3.